The fourth-order valence-electron chi connectivity index (χ4n) is 2.74. The van der Waals surface area contributed by atoms with Gasteiger partial charge in [-0.1, -0.05) is 0 Å². The van der Waals surface area contributed by atoms with Crippen LogP contribution in [0.4, 0.5) is 5.82 Å². The number of fused-ring (bicyclic) bond motifs is 1. The van der Waals surface area contributed by atoms with Crippen LogP contribution in [-0.2, 0) is 0 Å². The van der Waals surface area contributed by atoms with Crippen LogP contribution in [0.25, 0.3) is 5.65 Å². The number of hydrogen-bond acceptors (Lipinski definition) is 6. The van der Waals surface area contributed by atoms with E-state index in [4.69, 9.17) is 0 Å². The number of rotatable bonds is 3. The fraction of sp³-hybridized carbons (Fsp3) is 0.267. The molecule has 1 N–H and O–H groups in total. The molecule has 116 valence electrons. The Morgan fingerprint density at radius 1 is 1.30 bits per heavy atom. The molecule has 0 aromatic carbocycles. The molecule has 1 aliphatic heterocycles. The highest BCUT2D eigenvalue weighted by molar-refractivity contribution is 5.94. The molecule has 0 spiro atoms. The van der Waals surface area contributed by atoms with Gasteiger partial charge in [-0.15, -0.1) is 15.3 Å². The molecule has 23 heavy (non-hydrogen) atoms. The van der Waals surface area contributed by atoms with Crippen molar-refractivity contribution in [2.75, 3.05) is 18.0 Å². The summed E-state index contributed by atoms with van der Waals surface area (Å²) in [5.74, 6) is 0.766. The van der Waals surface area contributed by atoms with Gasteiger partial charge in [0.15, 0.2) is 5.65 Å². The molecule has 0 bridgehead atoms. The van der Waals surface area contributed by atoms with E-state index < -0.39 is 0 Å². The van der Waals surface area contributed by atoms with Crippen molar-refractivity contribution in [3.63, 3.8) is 0 Å². The molecule has 4 heterocycles. The predicted molar refractivity (Wildman–Crippen MR) is 83.1 cm³/mol. The zero-order chi connectivity index (χ0) is 15.6. The fourth-order valence-corrected chi connectivity index (χ4v) is 2.74. The molecule has 3 aromatic rings. The maximum absolute atomic E-state index is 12.2. The lowest BCUT2D eigenvalue weighted by Crippen LogP contribution is -2.37. The van der Waals surface area contributed by atoms with Gasteiger partial charge in [-0.05, 0) is 30.7 Å². The van der Waals surface area contributed by atoms with Gasteiger partial charge in [-0.3, -0.25) is 9.78 Å². The minimum absolute atomic E-state index is 0.0906. The molecular weight excluding hydrogens is 294 g/mol. The zero-order valence-corrected chi connectivity index (χ0v) is 12.3. The Hall–Kier alpha value is -3.03. The summed E-state index contributed by atoms with van der Waals surface area (Å²) in [6.07, 6.45) is 5.69. The van der Waals surface area contributed by atoms with E-state index in [1.165, 1.54) is 0 Å². The first-order valence-corrected chi connectivity index (χ1v) is 7.42. The van der Waals surface area contributed by atoms with Gasteiger partial charge in [0.2, 0.25) is 0 Å². The third-order valence-electron chi connectivity index (χ3n) is 3.92. The second kappa shape index (κ2) is 5.64. The van der Waals surface area contributed by atoms with E-state index in [-0.39, 0.29) is 11.9 Å². The minimum Gasteiger partial charge on any atom is -0.353 e. The normalized spacial score (nSPS) is 17.6. The topological polar surface area (TPSA) is 88.3 Å². The Morgan fingerprint density at radius 3 is 3.13 bits per heavy atom. The van der Waals surface area contributed by atoms with Gasteiger partial charge in [0.1, 0.15) is 12.1 Å². The van der Waals surface area contributed by atoms with Crippen LogP contribution in [0.2, 0.25) is 0 Å². The molecule has 1 amide bonds. The summed E-state index contributed by atoms with van der Waals surface area (Å²) in [7, 11) is 0. The molecule has 8 nitrogen and oxygen atoms in total. The number of nitrogens with zero attached hydrogens (tertiary/aromatic N) is 6. The van der Waals surface area contributed by atoms with Crippen molar-refractivity contribution >= 4 is 17.4 Å². The molecule has 1 atom stereocenters. The van der Waals surface area contributed by atoms with E-state index in [0.29, 0.717) is 5.56 Å². The van der Waals surface area contributed by atoms with Crippen molar-refractivity contribution in [2.24, 2.45) is 0 Å². The monoisotopic (exact) mass is 309 g/mol. The van der Waals surface area contributed by atoms with Crippen molar-refractivity contribution in [1.82, 2.24) is 30.1 Å². The lowest BCUT2D eigenvalue weighted by atomic mass is 10.2. The average Bonchev–Trinajstić information content (AvgIpc) is 3.23. The van der Waals surface area contributed by atoms with Crippen LogP contribution in [-0.4, -0.2) is 49.8 Å². The van der Waals surface area contributed by atoms with Gasteiger partial charge < -0.3 is 10.2 Å². The van der Waals surface area contributed by atoms with Crippen LogP contribution in [0.1, 0.15) is 16.8 Å². The second-order valence-electron chi connectivity index (χ2n) is 5.47. The molecule has 3 aromatic heterocycles. The maximum Gasteiger partial charge on any atom is 0.253 e. The Bertz CT molecular complexity index is 832. The van der Waals surface area contributed by atoms with Crippen LogP contribution < -0.4 is 10.2 Å². The number of amides is 1. The number of carbonyl (C=O) groups is 1. The molecule has 0 unspecified atom stereocenters. The number of aromatic nitrogens is 5. The number of pyridine rings is 1. The molecule has 1 saturated heterocycles. The summed E-state index contributed by atoms with van der Waals surface area (Å²) in [6.45, 7) is 1.57. The summed E-state index contributed by atoms with van der Waals surface area (Å²) < 4.78 is 1.65. The average molecular weight is 309 g/mol. The predicted octanol–water partition coefficient (Wildman–Crippen LogP) is 0.528. The van der Waals surface area contributed by atoms with Crippen molar-refractivity contribution in [3.05, 3.63) is 48.5 Å². The van der Waals surface area contributed by atoms with Crippen molar-refractivity contribution in [2.45, 2.75) is 12.5 Å². The zero-order valence-electron chi connectivity index (χ0n) is 12.3. The molecule has 4 rings (SSSR count). The highest BCUT2D eigenvalue weighted by atomic mass is 16.1. The van der Waals surface area contributed by atoms with Gasteiger partial charge in [0, 0.05) is 31.5 Å². The van der Waals surface area contributed by atoms with Crippen molar-refractivity contribution < 1.29 is 4.79 Å². The summed E-state index contributed by atoms with van der Waals surface area (Å²) in [5, 5.41) is 15.3. The Balaban J connectivity index is 1.43. The van der Waals surface area contributed by atoms with Crippen LogP contribution in [0.15, 0.2) is 43.0 Å². The summed E-state index contributed by atoms with van der Waals surface area (Å²) in [5.41, 5.74) is 1.30. The van der Waals surface area contributed by atoms with Gasteiger partial charge in [-0.2, -0.15) is 4.52 Å². The van der Waals surface area contributed by atoms with Crippen LogP contribution >= 0.6 is 0 Å². The summed E-state index contributed by atoms with van der Waals surface area (Å²) in [4.78, 5) is 18.3. The SMILES string of the molecule is O=C(N[C@H]1CCN(c2ccc3nncn3n2)C1)c1cccnc1. The van der Waals surface area contributed by atoms with E-state index in [1.807, 2.05) is 12.1 Å². The van der Waals surface area contributed by atoms with Crippen LogP contribution in [0.3, 0.4) is 0 Å². The van der Waals surface area contributed by atoms with Crippen molar-refractivity contribution in [1.29, 1.82) is 0 Å². The first-order valence-electron chi connectivity index (χ1n) is 7.42. The number of nitrogens with one attached hydrogen (secondary N) is 1. The third-order valence-corrected chi connectivity index (χ3v) is 3.92. The quantitative estimate of drug-likeness (QED) is 0.759. The molecule has 0 aliphatic carbocycles. The summed E-state index contributed by atoms with van der Waals surface area (Å²) >= 11 is 0. The smallest absolute Gasteiger partial charge is 0.253 e. The number of carbonyl (C=O) groups excluding carboxylic acids is 1. The van der Waals surface area contributed by atoms with Gasteiger partial charge in [-0.25, -0.2) is 0 Å². The lowest BCUT2D eigenvalue weighted by Gasteiger charge is -2.17. The van der Waals surface area contributed by atoms with E-state index in [0.717, 1.165) is 31.0 Å². The molecule has 8 heteroatoms. The van der Waals surface area contributed by atoms with Gasteiger partial charge in [0.05, 0.1) is 5.56 Å². The highest BCUT2D eigenvalue weighted by Gasteiger charge is 2.25. The van der Waals surface area contributed by atoms with Gasteiger partial charge in [0.25, 0.3) is 5.91 Å². The van der Waals surface area contributed by atoms with Gasteiger partial charge >= 0.3 is 0 Å². The molecule has 1 fully saturated rings. The first-order chi connectivity index (χ1) is 11.3. The van der Waals surface area contributed by atoms with Crippen molar-refractivity contribution in [3.8, 4) is 0 Å². The standard InChI is InChI=1S/C15H15N7O/c23-15(11-2-1-6-16-8-11)18-12-5-7-21(9-12)14-4-3-13-19-17-10-22(13)20-14/h1-4,6,8,10,12H,5,7,9H2,(H,18,23)/t12-/m0/s1. The summed E-state index contributed by atoms with van der Waals surface area (Å²) in [6, 6.07) is 7.43. The van der Waals surface area contributed by atoms with E-state index >= 15 is 0 Å². The Morgan fingerprint density at radius 2 is 2.26 bits per heavy atom. The lowest BCUT2D eigenvalue weighted by molar-refractivity contribution is 0.0940. The Labute approximate surface area is 132 Å². The number of hydrogen-bond donors (Lipinski definition) is 1. The third kappa shape index (κ3) is 2.70. The molecule has 0 radical (unpaired) electrons. The maximum atomic E-state index is 12.2. The van der Waals surface area contributed by atoms with E-state index in [1.54, 1.807) is 35.4 Å². The van der Waals surface area contributed by atoms with Crippen LogP contribution in [0.5, 0.6) is 0 Å². The second-order valence-corrected chi connectivity index (χ2v) is 5.47. The Kier molecular flexibility index (Phi) is 3.34. The largest absolute Gasteiger partial charge is 0.353 e. The number of anilines is 1. The minimum atomic E-state index is -0.0906. The molecule has 1 aliphatic rings. The molecule has 0 saturated carbocycles. The van der Waals surface area contributed by atoms with Crippen LogP contribution in [0, 0.1) is 0 Å². The van der Waals surface area contributed by atoms with E-state index in [2.05, 4.69) is 30.5 Å². The van der Waals surface area contributed by atoms with E-state index in [9.17, 15) is 4.79 Å². The molecular formula is C15H15N7O. The highest BCUT2D eigenvalue weighted by Crippen LogP contribution is 2.18. The first kappa shape index (κ1) is 13.6.